The molecule has 0 bridgehead atoms. The highest BCUT2D eigenvalue weighted by Crippen LogP contribution is 2.38. The fourth-order valence-corrected chi connectivity index (χ4v) is 3.28. The van der Waals surface area contributed by atoms with E-state index in [4.69, 9.17) is 4.74 Å². The average molecular weight is 281 g/mol. The summed E-state index contributed by atoms with van der Waals surface area (Å²) >= 11 is 0. The molecule has 2 heteroatoms. The third-order valence-corrected chi connectivity index (χ3v) is 4.63. The fourth-order valence-electron chi connectivity index (χ4n) is 3.28. The van der Waals surface area contributed by atoms with Gasteiger partial charge >= 0.3 is 0 Å². The van der Waals surface area contributed by atoms with Crippen LogP contribution in [0.1, 0.15) is 40.0 Å². The summed E-state index contributed by atoms with van der Waals surface area (Å²) in [6, 6.07) is 15.4. The molecular weight excluding hydrogens is 258 g/mol. The Kier molecular flexibility index (Phi) is 4.09. The molecule has 2 unspecified atom stereocenters. The molecule has 0 radical (unpaired) electrons. The molecule has 2 atom stereocenters. The molecule has 1 aliphatic rings. The Hall–Kier alpha value is -1.64. The summed E-state index contributed by atoms with van der Waals surface area (Å²) in [5.74, 6) is 0. The van der Waals surface area contributed by atoms with Gasteiger partial charge in [0, 0.05) is 0 Å². The van der Waals surface area contributed by atoms with Crippen molar-refractivity contribution in [2.75, 3.05) is 13.7 Å². The van der Waals surface area contributed by atoms with Crippen molar-refractivity contribution < 1.29 is 4.74 Å². The minimum absolute atomic E-state index is 0.0837. The Balaban J connectivity index is 2.04. The Morgan fingerprint density at radius 3 is 2.71 bits per heavy atom. The topological polar surface area (TPSA) is 21.3 Å². The van der Waals surface area contributed by atoms with Gasteiger partial charge in [-0.3, -0.25) is 0 Å². The Labute approximate surface area is 127 Å². The molecule has 0 aromatic heterocycles. The first-order valence-electron chi connectivity index (χ1n) is 7.65. The van der Waals surface area contributed by atoms with E-state index in [1.54, 1.807) is 0 Å². The summed E-state index contributed by atoms with van der Waals surface area (Å²) in [4.78, 5) is 0. The minimum atomic E-state index is 0.0837. The number of hydrogen-bond donors (Lipinski definition) is 1. The average Bonchev–Trinajstić information content (AvgIpc) is 2.52. The van der Waals surface area contributed by atoms with Crippen molar-refractivity contribution in [1.29, 1.82) is 0 Å². The number of ether oxygens (including phenoxy) is 1. The zero-order valence-electron chi connectivity index (χ0n) is 13.0. The molecule has 1 aliphatic heterocycles. The van der Waals surface area contributed by atoms with Crippen LogP contribution in [0.25, 0.3) is 0 Å². The molecular formula is C19H23NO. The van der Waals surface area contributed by atoms with Crippen molar-refractivity contribution >= 4 is 0 Å². The minimum Gasteiger partial charge on any atom is -0.371 e. The van der Waals surface area contributed by atoms with Crippen molar-refractivity contribution in [2.45, 2.75) is 32.4 Å². The molecule has 0 saturated heterocycles. The van der Waals surface area contributed by atoms with Crippen LogP contribution in [0.4, 0.5) is 0 Å². The molecule has 0 aliphatic carbocycles. The summed E-state index contributed by atoms with van der Waals surface area (Å²) in [6.45, 7) is 5.16. The molecule has 1 N–H and O–H groups in total. The molecule has 0 amide bonds. The number of rotatable bonds is 3. The SMILES string of the molecule is CNC(c1cccc(C)c1C)C1OCCc2ccccc21. The molecule has 2 aromatic rings. The standard InChI is InChI=1S/C19H23NO/c1-13-7-6-10-16(14(13)2)18(20-3)19-17-9-5-4-8-15(17)11-12-21-19/h4-10,18-20H,11-12H2,1-3H3. The van der Waals surface area contributed by atoms with Crippen LogP contribution < -0.4 is 5.32 Å². The second-order valence-corrected chi connectivity index (χ2v) is 5.80. The van der Waals surface area contributed by atoms with Crippen LogP contribution in [0.15, 0.2) is 42.5 Å². The van der Waals surface area contributed by atoms with Gasteiger partial charge in [-0.05, 0) is 55.1 Å². The van der Waals surface area contributed by atoms with Crippen molar-refractivity contribution in [1.82, 2.24) is 5.32 Å². The van der Waals surface area contributed by atoms with Gasteiger partial charge in [-0.25, -0.2) is 0 Å². The van der Waals surface area contributed by atoms with Crippen molar-refractivity contribution in [3.63, 3.8) is 0 Å². The van der Waals surface area contributed by atoms with Crippen LogP contribution in [0.3, 0.4) is 0 Å². The van der Waals surface area contributed by atoms with Crippen LogP contribution in [-0.4, -0.2) is 13.7 Å². The lowest BCUT2D eigenvalue weighted by Gasteiger charge is -2.33. The molecule has 1 heterocycles. The van der Waals surface area contributed by atoms with E-state index >= 15 is 0 Å². The molecule has 110 valence electrons. The maximum Gasteiger partial charge on any atom is 0.102 e. The van der Waals surface area contributed by atoms with Gasteiger partial charge in [-0.15, -0.1) is 0 Å². The van der Waals surface area contributed by atoms with E-state index in [1.165, 1.54) is 27.8 Å². The lowest BCUT2D eigenvalue weighted by Crippen LogP contribution is -2.30. The largest absolute Gasteiger partial charge is 0.371 e. The third kappa shape index (κ3) is 2.61. The van der Waals surface area contributed by atoms with Crippen molar-refractivity contribution in [3.8, 4) is 0 Å². The van der Waals surface area contributed by atoms with E-state index in [0.717, 1.165) is 13.0 Å². The lowest BCUT2D eigenvalue weighted by molar-refractivity contribution is 0.0164. The summed E-state index contributed by atoms with van der Waals surface area (Å²) in [5, 5.41) is 3.47. The van der Waals surface area contributed by atoms with Crippen LogP contribution >= 0.6 is 0 Å². The molecule has 3 rings (SSSR count). The molecule has 2 aromatic carbocycles. The first-order chi connectivity index (χ1) is 10.2. The molecule has 0 fully saturated rings. The predicted molar refractivity (Wildman–Crippen MR) is 86.6 cm³/mol. The highest BCUT2D eigenvalue weighted by molar-refractivity contribution is 5.39. The van der Waals surface area contributed by atoms with Gasteiger partial charge < -0.3 is 10.1 Å². The van der Waals surface area contributed by atoms with E-state index in [2.05, 4.69) is 61.6 Å². The summed E-state index contributed by atoms with van der Waals surface area (Å²) in [5.41, 5.74) is 6.75. The Morgan fingerprint density at radius 2 is 1.90 bits per heavy atom. The molecule has 21 heavy (non-hydrogen) atoms. The van der Waals surface area contributed by atoms with Crippen LogP contribution in [0, 0.1) is 13.8 Å². The van der Waals surface area contributed by atoms with E-state index in [9.17, 15) is 0 Å². The highest BCUT2D eigenvalue weighted by atomic mass is 16.5. The van der Waals surface area contributed by atoms with Gasteiger partial charge in [0.2, 0.25) is 0 Å². The number of benzene rings is 2. The van der Waals surface area contributed by atoms with E-state index in [-0.39, 0.29) is 12.1 Å². The normalized spacial score (nSPS) is 19.1. The maximum absolute atomic E-state index is 6.14. The number of nitrogens with one attached hydrogen (secondary N) is 1. The summed E-state index contributed by atoms with van der Waals surface area (Å²) in [7, 11) is 2.02. The Bertz CT molecular complexity index is 635. The van der Waals surface area contributed by atoms with Gasteiger partial charge in [0.05, 0.1) is 12.6 Å². The number of aryl methyl sites for hydroxylation is 1. The zero-order chi connectivity index (χ0) is 14.8. The van der Waals surface area contributed by atoms with Gasteiger partial charge in [0.25, 0.3) is 0 Å². The quantitative estimate of drug-likeness (QED) is 0.922. The number of hydrogen-bond acceptors (Lipinski definition) is 2. The summed E-state index contributed by atoms with van der Waals surface area (Å²) in [6.07, 6.45) is 1.09. The number of fused-ring (bicyclic) bond motifs is 1. The van der Waals surface area contributed by atoms with E-state index < -0.39 is 0 Å². The number of likely N-dealkylation sites (N-methyl/N-ethyl adjacent to an activating group) is 1. The van der Waals surface area contributed by atoms with Crippen molar-refractivity contribution in [2.24, 2.45) is 0 Å². The predicted octanol–water partition coefficient (Wildman–Crippen LogP) is 3.88. The monoisotopic (exact) mass is 281 g/mol. The van der Waals surface area contributed by atoms with E-state index in [1.807, 2.05) is 7.05 Å². The lowest BCUT2D eigenvalue weighted by atomic mass is 9.87. The molecule has 2 nitrogen and oxygen atoms in total. The summed E-state index contributed by atoms with van der Waals surface area (Å²) < 4.78 is 6.14. The third-order valence-electron chi connectivity index (χ3n) is 4.63. The molecule has 0 saturated carbocycles. The smallest absolute Gasteiger partial charge is 0.102 e. The van der Waals surface area contributed by atoms with Gasteiger partial charge in [0.15, 0.2) is 0 Å². The zero-order valence-corrected chi connectivity index (χ0v) is 13.0. The fraction of sp³-hybridized carbons (Fsp3) is 0.368. The second-order valence-electron chi connectivity index (χ2n) is 5.80. The van der Waals surface area contributed by atoms with Crippen LogP contribution in [0.2, 0.25) is 0 Å². The second kappa shape index (κ2) is 6.00. The first kappa shape index (κ1) is 14.3. The van der Waals surface area contributed by atoms with Gasteiger partial charge in [-0.1, -0.05) is 42.5 Å². The highest BCUT2D eigenvalue weighted by Gasteiger charge is 2.29. The first-order valence-corrected chi connectivity index (χ1v) is 7.65. The Morgan fingerprint density at radius 1 is 1.10 bits per heavy atom. The molecule has 0 spiro atoms. The van der Waals surface area contributed by atoms with Gasteiger partial charge in [-0.2, -0.15) is 0 Å². The van der Waals surface area contributed by atoms with Gasteiger partial charge in [0.1, 0.15) is 6.10 Å². The van der Waals surface area contributed by atoms with Crippen molar-refractivity contribution in [3.05, 3.63) is 70.3 Å². The van der Waals surface area contributed by atoms with E-state index in [0.29, 0.717) is 0 Å². The van der Waals surface area contributed by atoms with Crippen LogP contribution in [0.5, 0.6) is 0 Å². The van der Waals surface area contributed by atoms with Crippen LogP contribution in [-0.2, 0) is 11.2 Å². The maximum atomic E-state index is 6.14.